The average Bonchev–Trinajstić information content (AvgIpc) is 3.39. The number of pyridine rings is 1. The molecule has 1 saturated heterocycles. The van der Waals surface area contributed by atoms with Gasteiger partial charge in [0, 0.05) is 55.7 Å². The van der Waals surface area contributed by atoms with E-state index in [0.29, 0.717) is 24.3 Å². The van der Waals surface area contributed by atoms with Gasteiger partial charge in [0.1, 0.15) is 5.69 Å². The van der Waals surface area contributed by atoms with Gasteiger partial charge >= 0.3 is 0 Å². The van der Waals surface area contributed by atoms with E-state index in [0.717, 1.165) is 16.8 Å². The maximum Gasteiger partial charge on any atom is 0.257 e. The molecule has 0 saturated carbocycles. The van der Waals surface area contributed by atoms with Crippen LogP contribution in [0.2, 0.25) is 0 Å². The van der Waals surface area contributed by atoms with Crippen LogP contribution in [0.4, 0.5) is 0 Å². The molecule has 0 unspecified atom stereocenters. The largest absolute Gasteiger partial charge is 0.336 e. The lowest BCUT2D eigenvalue weighted by Crippen LogP contribution is -2.50. The van der Waals surface area contributed by atoms with Gasteiger partial charge in [-0.05, 0) is 35.9 Å². The monoisotopic (exact) mass is 499 g/mol. The van der Waals surface area contributed by atoms with Crippen molar-refractivity contribution in [2.75, 3.05) is 26.2 Å². The summed E-state index contributed by atoms with van der Waals surface area (Å²) in [6, 6.07) is 22.5. The van der Waals surface area contributed by atoms with Crippen molar-refractivity contribution in [1.82, 2.24) is 24.0 Å². The van der Waals surface area contributed by atoms with Crippen molar-refractivity contribution in [3.63, 3.8) is 0 Å². The molecular formula is C27H25N5O3S. The highest BCUT2D eigenvalue weighted by molar-refractivity contribution is 7.92. The Morgan fingerprint density at radius 2 is 1.56 bits per heavy atom. The van der Waals surface area contributed by atoms with Gasteiger partial charge in [0.2, 0.25) is 10.0 Å². The molecule has 1 aliphatic heterocycles. The van der Waals surface area contributed by atoms with Gasteiger partial charge in [-0.2, -0.15) is 9.40 Å². The van der Waals surface area contributed by atoms with Crippen LogP contribution in [0.5, 0.6) is 0 Å². The third-order valence-corrected chi connectivity index (χ3v) is 7.58. The van der Waals surface area contributed by atoms with Crippen molar-refractivity contribution in [3.8, 4) is 16.9 Å². The molecule has 1 amide bonds. The number of carbonyl (C=O) groups is 1. The van der Waals surface area contributed by atoms with E-state index in [4.69, 9.17) is 0 Å². The quantitative estimate of drug-likeness (QED) is 0.404. The fraction of sp³-hybridized carbons (Fsp3) is 0.148. The summed E-state index contributed by atoms with van der Waals surface area (Å²) >= 11 is 0. The van der Waals surface area contributed by atoms with Crippen molar-refractivity contribution in [2.24, 2.45) is 0 Å². The van der Waals surface area contributed by atoms with E-state index in [9.17, 15) is 13.2 Å². The van der Waals surface area contributed by atoms with Crippen LogP contribution in [0.3, 0.4) is 0 Å². The third-order valence-electron chi connectivity index (χ3n) is 6.02. The second-order valence-electron chi connectivity index (χ2n) is 8.36. The second-order valence-corrected chi connectivity index (χ2v) is 10.2. The number of nitrogens with zero attached hydrogens (tertiary/aromatic N) is 5. The number of benzene rings is 2. The van der Waals surface area contributed by atoms with E-state index in [1.807, 2.05) is 66.7 Å². The minimum Gasteiger partial charge on any atom is -0.336 e. The fourth-order valence-corrected chi connectivity index (χ4v) is 5.26. The molecule has 9 heteroatoms. The van der Waals surface area contributed by atoms with E-state index >= 15 is 0 Å². The number of sulfonamides is 1. The molecule has 182 valence electrons. The number of rotatable bonds is 6. The number of hydrogen-bond acceptors (Lipinski definition) is 5. The molecule has 4 aromatic rings. The minimum absolute atomic E-state index is 0.187. The molecule has 0 bridgehead atoms. The van der Waals surface area contributed by atoms with Crippen molar-refractivity contribution in [2.45, 2.75) is 0 Å². The van der Waals surface area contributed by atoms with Crippen LogP contribution < -0.4 is 0 Å². The molecule has 1 fully saturated rings. The third kappa shape index (κ3) is 5.12. The Hall–Kier alpha value is -4.08. The SMILES string of the molecule is O=C(c1cn(-c2ccccc2)nc1-c1cccnc1)N1CCN(S(=O)(=O)/C=C/c2ccccc2)CC1. The highest BCUT2D eigenvalue weighted by Crippen LogP contribution is 2.25. The van der Waals surface area contributed by atoms with Gasteiger partial charge in [-0.25, -0.2) is 13.1 Å². The Labute approximate surface area is 210 Å². The zero-order chi connectivity index (χ0) is 25.0. The Bertz CT molecular complexity index is 1460. The lowest BCUT2D eigenvalue weighted by Gasteiger charge is -2.33. The summed E-state index contributed by atoms with van der Waals surface area (Å²) in [4.78, 5) is 19.4. The summed E-state index contributed by atoms with van der Waals surface area (Å²) < 4.78 is 28.7. The topological polar surface area (TPSA) is 88.4 Å². The molecule has 1 aliphatic rings. The molecule has 2 aromatic carbocycles. The highest BCUT2D eigenvalue weighted by atomic mass is 32.2. The van der Waals surface area contributed by atoms with Crippen LogP contribution in [-0.4, -0.2) is 64.5 Å². The van der Waals surface area contributed by atoms with Gasteiger partial charge in [0.05, 0.1) is 11.3 Å². The summed E-state index contributed by atoms with van der Waals surface area (Å²) in [6.07, 6.45) is 6.67. The van der Waals surface area contributed by atoms with Crippen LogP contribution in [0, 0.1) is 0 Å². The Morgan fingerprint density at radius 3 is 2.22 bits per heavy atom. The van der Waals surface area contributed by atoms with Gasteiger partial charge in [-0.15, -0.1) is 0 Å². The van der Waals surface area contributed by atoms with Crippen LogP contribution in [-0.2, 0) is 10.0 Å². The molecule has 0 aliphatic carbocycles. The van der Waals surface area contributed by atoms with E-state index in [-0.39, 0.29) is 19.0 Å². The van der Waals surface area contributed by atoms with Gasteiger partial charge in [0.25, 0.3) is 5.91 Å². The van der Waals surface area contributed by atoms with Crippen molar-refractivity contribution in [1.29, 1.82) is 0 Å². The first-order chi connectivity index (χ1) is 17.5. The maximum absolute atomic E-state index is 13.6. The predicted molar refractivity (Wildman–Crippen MR) is 139 cm³/mol. The van der Waals surface area contributed by atoms with E-state index in [1.165, 1.54) is 9.71 Å². The molecule has 0 spiro atoms. The predicted octanol–water partition coefficient (Wildman–Crippen LogP) is 3.69. The molecule has 0 atom stereocenters. The number of piperazine rings is 1. The lowest BCUT2D eigenvalue weighted by molar-refractivity contribution is 0.0699. The number of amides is 1. The first-order valence-electron chi connectivity index (χ1n) is 11.6. The number of aromatic nitrogens is 3. The molecule has 3 heterocycles. The number of hydrogen-bond donors (Lipinski definition) is 0. The smallest absolute Gasteiger partial charge is 0.257 e. The zero-order valence-corrected chi connectivity index (χ0v) is 20.3. The average molecular weight is 500 g/mol. The molecule has 5 rings (SSSR count). The fourth-order valence-electron chi connectivity index (χ4n) is 4.09. The van der Waals surface area contributed by atoms with Crippen LogP contribution in [0.15, 0.2) is 96.8 Å². The zero-order valence-electron chi connectivity index (χ0n) is 19.5. The van der Waals surface area contributed by atoms with Gasteiger partial charge in [-0.1, -0.05) is 48.5 Å². The highest BCUT2D eigenvalue weighted by Gasteiger charge is 2.30. The minimum atomic E-state index is -3.59. The first-order valence-corrected chi connectivity index (χ1v) is 13.1. The Balaban J connectivity index is 1.35. The standard InChI is InChI=1S/C27H25N5O3S/c33-27(30-15-17-31(18-16-30)36(34,35)19-13-22-8-3-1-4-9-22)25-21-32(24-11-5-2-6-12-24)29-26(25)23-10-7-14-28-20-23/h1-14,19-21H,15-18H2/b19-13+. The van der Waals surface area contributed by atoms with Gasteiger partial charge in [0.15, 0.2) is 0 Å². The normalized spacial score (nSPS) is 14.8. The molecule has 8 nitrogen and oxygen atoms in total. The molecule has 36 heavy (non-hydrogen) atoms. The lowest BCUT2D eigenvalue weighted by atomic mass is 10.1. The van der Waals surface area contributed by atoms with E-state index in [1.54, 1.807) is 40.3 Å². The molecular weight excluding hydrogens is 474 g/mol. The number of carbonyl (C=O) groups excluding carboxylic acids is 1. The first kappa shape index (κ1) is 23.7. The molecule has 0 radical (unpaired) electrons. The Morgan fingerprint density at radius 1 is 0.861 bits per heavy atom. The van der Waals surface area contributed by atoms with Gasteiger partial charge in [-0.3, -0.25) is 9.78 Å². The van der Waals surface area contributed by atoms with Crippen LogP contribution >= 0.6 is 0 Å². The second kappa shape index (κ2) is 10.3. The van der Waals surface area contributed by atoms with E-state index in [2.05, 4.69) is 10.1 Å². The summed E-state index contributed by atoms with van der Waals surface area (Å²) in [7, 11) is -3.59. The maximum atomic E-state index is 13.6. The van der Waals surface area contributed by atoms with E-state index < -0.39 is 10.0 Å². The van der Waals surface area contributed by atoms with Crippen LogP contribution in [0.25, 0.3) is 23.0 Å². The van der Waals surface area contributed by atoms with Crippen molar-refractivity contribution < 1.29 is 13.2 Å². The summed E-state index contributed by atoms with van der Waals surface area (Å²) in [5, 5.41) is 5.91. The summed E-state index contributed by atoms with van der Waals surface area (Å²) in [5.41, 5.74) is 3.38. The Kier molecular flexibility index (Phi) is 6.75. The number of para-hydroxylation sites is 1. The van der Waals surface area contributed by atoms with Crippen molar-refractivity contribution >= 4 is 22.0 Å². The summed E-state index contributed by atoms with van der Waals surface area (Å²) in [5.74, 6) is -0.187. The molecule has 0 N–H and O–H groups in total. The van der Waals surface area contributed by atoms with Gasteiger partial charge < -0.3 is 4.90 Å². The van der Waals surface area contributed by atoms with Crippen molar-refractivity contribution in [3.05, 3.63) is 108 Å². The molecule has 2 aromatic heterocycles. The summed E-state index contributed by atoms with van der Waals surface area (Å²) in [6.45, 7) is 1.03. The van der Waals surface area contributed by atoms with Crippen LogP contribution in [0.1, 0.15) is 15.9 Å².